The van der Waals surface area contributed by atoms with Crippen molar-refractivity contribution in [1.82, 2.24) is 0 Å². The van der Waals surface area contributed by atoms with Crippen LogP contribution in [-0.4, -0.2) is 17.5 Å². The van der Waals surface area contributed by atoms with Crippen molar-refractivity contribution in [2.24, 2.45) is 0 Å². The molecule has 2 rings (SSSR count). The quantitative estimate of drug-likeness (QED) is 0.461. The fraction of sp³-hybridized carbons (Fsp3) is 0.214. The zero-order chi connectivity index (χ0) is 15.2. The highest BCUT2D eigenvalue weighted by Gasteiger charge is 2.12. The van der Waals surface area contributed by atoms with Crippen molar-refractivity contribution in [2.45, 2.75) is 13.5 Å². The summed E-state index contributed by atoms with van der Waals surface area (Å²) in [6.07, 6.45) is 0. The van der Waals surface area contributed by atoms with E-state index in [0.717, 1.165) is 0 Å². The monoisotopic (exact) mass is 291 g/mol. The lowest BCUT2D eigenvalue weighted by Gasteiger charge is -2.03. The van der Waals surface area contributed by atoms with Gasteiger partial charge in [-0.05, 0) is 31.2 Å². The number of benzene rings is 1. The van der Waals surface area contributed by atoms with Gasteiger partial charge in [0.2, 0.25) is 5.76 Å². The summed E-state index contributed by atoms with van der Waals surface area (Å²) in [6, 6.07) is 8.80. The van der Waals surface area contributed by atoms with Crippen molar-refractivity contribution >= 4 is 11.7 Å². The van der Waals surface area contributed by atoms with Crippen LogP contribution in [-0.2, 0) is 11.3 Å². The molecule has 2 aromatic rings. The van der Waals surface area contributed by atoms with E-state index >= 15 is 0 Å². The molecule has 110 valence electrons. The molecule has 0 saturated carbocycles. The van der Waals surface area contributed by atoms with E-state index in [2.05, 4.69) is 0 Å². The Bertz CT molecular complexity index is 631. The third-order valence-corrected chi connectivity index (χ3v) is 2.57. The SMILES string of the molecule is CCOC(=O)c1ccc(COc2ccc([N+](=O)[O-])cc2)o1. The molecule has 1 aromatic heterocycles. The molecule has 0 unspecified atom stereocenters. The van der Waals surface area contributed by atoms with Crippen molar-refractivity contribution in [3.8, 4) is 5.75 Å². The molecule has 1 aromatic carbocycles. The van der Waals surface area contributed by atoms with Crippen molar-refractivity contribution in [3.63, 3.8) is 0 Å². The molecule has 0 fully saturated rings. The van der Waals surface area contributed by atoms with Gasteiger partial charge in [0.1, 0.15) is 18.1 Å². The van der Waals surface area contributed by atoms with E-state index in [1.165, 1.54) is 30.3 Å². The zero-order valence-electron chi connectivity index (χ0n) is 11.3. The molecule has 0 saturated heterocycles. The second-order valence-corrected chi connectivity index (χ2v) is 4.03. The molecule has 0 aliphatic heterocycles. The predicted molar refractivity (Wildman–Crippen MR) is 72.1 cm³/mol. The first-order valence-corrected chi connectivity index (χ1v) is 6.23. The lowest BCUT2D eigenvalue weighted by molar-refractivity contribution is -0.384. The molecule has 0 aliphatic carbocycles. The van der Waals surface area contributed by atoms with E-state index in [1.807, 2.05) is 0 Å². The summed E-state index contributed by atoms with van der Waals surface area (Å²) in [5.41, 5.74) is -0.00931. The number of nitro groups is 1. The number of rotatable bonds is 6. The maximum Gasteiger partial charge on any atom is 0.374 e. The molecular formula is C14H13NO6. The topological polar surface area (TPSA) is 91.8 Å². The number of hydrogen-bond acceptors (Lipinski definition) is 6. The van der Waals surface area contributed by atoms with E-state index < -0.39 is 10.9 Å². The van der Waals surface area contributed by atoms with E-state index in [1.54, 1.807) is 13.0 Å². The van der Waals surface area contributed by atoms with E-state index in [4.69, 9.17) is 13.9 Å². The van der Waals surface area contributed by atoms with Gasteiger partial charge in [-0.15, -0.1) is 0 Å². The van der Waals surface area contributed by atoms with Crippen molar-refractivity contribution in [2.75, 3.05) is 6.61 Å². The molecule has 21 heavy (non-hydrogen) atoms. The number of non-ortho nitro benzene ring substituents is 1. The number of carbonyl (C=O) groups is 1. The fourth-order valence-corrected chi connectivity index (χ4v) is 1.59. The summed E-state index contributed by atoms with van der Waals surface area (Å²) in [5.74, 6) is 0.504. The first kappa shape index (κ1) is 14.6. The molecule has 7 nitrogen and oxygen atoms in total. The van der Waals surface area contributed by atoms with Crippen LogP contribution in [0.5, 0.6) is 5.75 Å². The number of nitrogens with zero attached hydrogens (tertiary/aromatic N) is 1. The highest BCUT2D eigenvalue weighted by Crippen LogP contribution is 2.19. The van der Waals surface area contributed by atoms with Gasteiger partial charge in [-0.25, -0.2) is 4.79 Å². The van der Waals surface area contributed by atoms with E-state index in [0.29, 0.717) is 11.5 Å². The van der Waals surface area contributed by atoms with Crippen LogP contribution in [0.3, 0.4) is 0 Å². The molecule has 0 amide bonds. The predicted octanol–water partition coefficient (Wildman–Crippen LogP) is 2.94. The van der Waals surface area contributed by atoms with Gasteiger partial charge in [-0.2, -0.15) is 0 Å². The smallest absolute Gasteiger partial charge is 0.374 e. The molecule has 0 radical (unpaired) electrons. The minimum Gasteiger partial charge on any atom is -0.486 e. The average molecular weight is 291 g/mol. The fourth-order valence-electron chi connectivity index (χ4n) is 1.59. The molecule has 7 heteroatoms. The van der Waals surface area contributed by atoms with Crippen molar-refractivity contribution in [1.29, 1.82) is 0 Å². The Morgan fingerprint density at radius 2 is 1.95 bits per heavy atom. The van der Waals surface area contributed by atoms with Crippen LogP contribution >= 0.6 is 0 Å². The molecule has 0 spiro atoms. The van der Waals surface area contributed by atoms with Gasteiger partial charge in [0.25, 0.3) is 5.69 Å². The average Bonchev–Trinajstić information content (AvgIpc) is 2.95. The molecule has 0 aliphatic rings. The minimum absolute atomic E-state index is 0.00931. The summed E-state index contributed by atoms with van der Waals surface area (Å²) < 4.78 is 15.5. The highest BCUT2D eigenvalue weighted by molar-refractivity contribution is 5.86. The summed E-state index contributed by atoms with van der Waals surface area (Å²) >= 11 is 0. The van der Waals surface area contributed by atoms with E-state index in [9.17, 15) is 14.9 Å². The minimum atomic E-state index is -0.529. The number of nitro benzene ring substituents is 1. The van der Waals surface area contributed by atoms with E-state index in [-0.39, 0.29) is 24.7 Å². The van der Waals surface area contributed by atoms with Crippen LogP contribution in [0.4, 0.5) is 5.69 Å². The van der Waals surface area contributed by atoms with Crippen LogP contribution in [0, 0.1) is 10.1 Å². The first-order valence-electron chi connectivity index (χ1n) is 6.23. The number of furan rings is 1. The standard InChI is InChI=1S/C14H13NO6/c1-2-19-14(16)13-8-7-12(21-13)9-20-11-5-3-10(4-6-11)15(17)18/h3-8H,2,9H2,1H3. The zero-order valence-corrected chi connectivity index (χ0v) is 11.3. The van der Waals surface area contributed by atoms with Crippen LogP contribution < -0.4 is 4.74 Å². The summed E-state index contributed by atoms with van der Waals surface area (Å²) in [5, 5.41) is 10.5. The van der Waals surface area contributed by atoms with Gasteiger partial charge in [-0.1, -0.05) is 0 Å². The molecular weight excluding hydrogens is 278 g/mol. The summed E-state index contributed by atoms with van der Waals surface area (Å²) in [4.78, 5) is 21.4. The van der Waals surface area contributed by atoms with Crippen molar-refractivity contribution in [3.05, 3.63) is 58.0 Å². The maximum absolute atomic E-state index is 11.4. The van der Waals surface area contributed by atoms with Gasteiger partial charge in [-0.3, -0.25) is 10.1 Å². The van der Waals surface area contributed by atoms with Crippen LogP contribution in [0.1, 0.15) is 23.2 Å². The molecule has 0 N–H and O–H groups in total. The Kier molecular flexibility index (Phi) is 4.55. The van der Waals surface area contributed by atoms with Gasteiger partial charge in [0, 0.05) is 12.1 Å². The lowest BCUT2D eigenvalue weighted by Crippen LogP contribution is -2.02. The van der Waals surface area contributed by atoms with Crippen LogP contribution in [0.15, 0.2) is 40.8 Å². The maximum atomic E-state index is 11.4. The molecule has 1 heterocycles. The van der Waals surface area contributed by atoms with Crippen LogP contribution in [0.25, 0.3) is 0 Å². The molecule has 0 bridgehead atoms. The number of ether oxygens (including phenoxy) is 2. The van der Waals surface area contributed by atoms with Gasteiger partial charge in [0.05, 0.1) is 11.5 Å². The highest BCUT2D eigenvalue weighted by atomic mass is 16.6. The number of esters is 1. The Morgan fingerprint density at radius 1 is 1.24 bits per heavy atom. The largest absolute Gasteiger partial charge is 0.486 e. The Labute approximate surface area is 120 Å². The van der Waals surface area contributed by atoms with Gasteiger partial charge < -0.3 is 13.9 Å². The Balaban J connectivity index is 1.94. The van der Waals surface area contributed by atoms with Crippen molar-refractivity contribution < 1.29 is 23.6 Å². The molecule has 0 atom stereocenters. The number of carbonyl (C=O) groups excluding carboxylic acids is 1. The second-order valence-electron chi connectivity index (χ2n) is 4.03. The summed E-state index contributed by atoms with van der Waals surface area (Å²) in [7, 11) is 0. The summed E-state index contributed by atoms with van der Waals surface area (Å²) in [6.45, 7) is 2.09. The third-order valence-electron chi connectivity index (χ3n) is 2.57. The number of hydrogen-bond donors (Lipinski definition) is 0. The lowest BCUT2D eigenvalue weighted by atomic mass is 10.3. The normalized spacial score (nSPS) is 10.1. The second kappa shape index (κ2) is 6.56. The third kappa shape index (κ3) is 3.82. The first-order chi connectivity index (χ1) is 10.1. The van der Waals surface area contributed by atoms with Gasteiger partial charge >= 0.3 is 5.97 Å². The van der Waals surface area contributed by atoms with Gasteiger partial charge in [0.15, 0.2) is 0 Å². The Hall–Kier alpha value is -2.83. The Morgan fingerprint density at radius 3 is 2.57 bits per heavy atom. The van der Waals surface area contributed by atoms with Crippen LogP contribution in [0.2, 0.25) is 0 Å².